The van der Waals surface area contributed by atoms with Gasteiger partial charge in [0, 0.05) is 34.9 Å². The molecule has 1 heterocycles. The summed E-state index contributed by atoms with van der Waals surface area (Å²) < 4.78 is 44.6. The number of ether oxygens (including phenoxy) is 8. The number of hydrogen-bond donors (Lipinski definition) is 0. The van der Waals surface area contributed by atoms with E-state index in [1.807, 2.05) is 0 Å². The third kappa shape index (κ3) is 6.59. The van der Waals surface area contributed by atoms with Crippen molar-refractivity contribution in [1.82, 2.24) is 4.90 Å². The molecule has 1 aliphatic carbocycles. The van der Waals surface area contributed by atoms with E-state index in [0.29, 0.717) is 0 Å². The molecule has 1 unspecified atom stereocenters. The molecule has 9 heteroatoms. The molecule has 1 saturated carbocycles. The minimum absolute atomic E-state index is 0.112. The van der Waals surface area contributed by atoms with Crippen LogP contribution in [0.5, 0.6) is 0 Å². The first-order valence-corrected chi connectivity index (χ1v) is 9.86. The van der Waals surface area contributed by atoms with Gasteiger partial charge in [0.05, 0.1) is 12.1 Å². The minimum Gasteiger partial charge on any atom is -0.359 e. The molecule has 0 bridgehead atoms. The van der Waals surface area contributed by atoms with Crippen molar-refractivity contribution in [3.8, 4) is 12.3 Å². The van der Waals surface area contributed by atoms with E-state index in [0.717, 1.165) is 25.8 Å². The molecule has 0 aromatic rings. The lowest BCUT2D eigenvalue weighted by Gasteiger charge is -2.40. The standard InChI is InChI=1S/C20H35NO8/c1-6-7-8-9-10-21-15-16(21)18(27-12-23-3)20(29-14-25-5)19(28-13-24-4)17(15)26-11-22-2/h1,15-20H,7-14H2,2-5H3/t15-,16+,17-,18-,19+,20+,21?/m0/s1. The minimum atomic E-state index is -0.418. The van der Waals surface area contributed by atoms with Gasteiger partial charge in [-0.3, -0.25) is 4.90 Å². The van der Waals surface area contributed by atoms with E-state index in [-0.39, 0.29) is 51.5 Å². The first-order chi connectivity index (χ1) is 14.2. The van der Waals surface area contributed by atoms with E-state index in [2.05, 4.69) is 10.8 Å². The molecule has 0 spiro atoms. The summed E-state index contributed by atoms with van der Waals surface area (Å²) in [5.41, 5.74) is 0. The number of fused-ring (bicyclic) bond motifs is 1. The quantitative estimate of drug-likeness (QED) is 0.157. The van der Waals surface area contributed by atoms with E-state index in [4.69, 9.17) is 44.3 Å². The lowest BCUT2D eigenvalue weighted by atomic mass is 9.89. The van der Waals surface area contributed by atoms with Gasteiger partial charge in [-0.05, 0) is 19.4 Å². The van der Waals surface area contributed by atoms with Gasteiger partial charge >= 0.3 is 0 Å². The van der Waals surface area contributed by atoms with Crippen molar-refractivity contribution in [2.24, 2.45) is 0 Å². The molecule has 168 valence electrons. The third-order valence-electron chi connectivity index (χ3n) is 5.17. The topological polar surface area (TPSA) is 76.9 Å². The average Bonchev–Trinajstić information content (AvgIpc) is 3.45. The molecule has 0 radical (unpaired) electrons. The number of methoxy groups -OCH3 is 4. The highest BCUT2D eigenvalue weighted by Gasteiger charge is 2.66. The summed E-state index contributed by atoms with van der Waals surface area (Å²) in [5.74, 6) is 2.69. The SMILES string of the molecule is C#CCCCCN1[C@@H]2[C@H](OCOC)[C@@H](OCOC)[C@H](OCOC)[C@@H](OCOC)[C@@H]21. The molecule has 0 aromatic heterocycles. The monoisotopic (exact) mass is 417 g/mol. The van der Waals surface area contributed by atoms with Crippen LogP contribution in [0.2, 0.25) is 0 Å². The van der Waals surface area contributed by atoms with Gasteiger partial charge < -0.3 is 37.9 Å². The second-order valence-corrected chi connectivity index (χ2v) is 7.03. The first kappa shape index (κ1) is 24.5. The Kier molecular flexibility index (Phi) is 11.4. The Hall–Kier alpha value is -0.800. The highest BCUT2D eigenvalue weighted by atomic mass is 16.7. The molecule has 2 rings (SSSR count). The van der Waals surface area contributed by atoms with E-state index in [1.54, 1.807) is 28.4 Å². The Bertz CT molecular complexity index is 456. The van der Waals surface area contributed by atoms with Gasteiger partial charge in [-0.15, -0.1) is 12.3 Å². The number of hydrogen-bond acceptors (Lipinski definition) is 9. The fourth-order valence-electron chi connectivity index (χ4n) is 4.02. The van der Waals surface area contributed by atoms with Crippen molar-refractivity contribution in [3.05, 3.63) is 0 Å². The van der Waals surface area contributed by atoms with Crippen LogP contribution in [0, 0.1) is 12.3 Å². The normalized spacial score (nSPS) is 33.3. The van der Waals surface area contributed by atoms with E-state index < -0.39 is 12.2 Å². The van der Waals surface area contributed by atoms with Crippen LogP contribution in [0.4, 0.5) is 0 Å². The molecular formula is C20H35NO8. The van der Waals surface area contributed by atoms with Crippen LogP contribution >= 0.6 is 0 Å². The smallest absolute Gasteiger partial charge is 0.146 e. The fourth-order valence-corrected chi connectivity index (χ4v) is 4.02. The van der Waals surface area contributed by atoms with Crippen LogP contribution in [0.3, 0.4) is 0 Å². The lowest BCUT2D eigenvalue weighted by Crippen LogP contribution is -2.58. The maximum atomic E-state index is 6.03. The van der Waals surface area contributed by atoms with E-state index in [1.165, 1.54) is 0 Å². The van der Waals surface area contributed by atoms with Gasteiger partial charge in [-0.1, -0.05) is 0 Å². The van der Waals surface area contributed by atoms with E-state index in [9.17, 15) is 0 Å². The fraction of sp³-hybridized carbons (Fsp3) is 0.900. The second kappa shape index (κ2) is 13.5. The van der Waals surface area contributed by atoms with Crippen molar-refractivity contribution < 1.29 is 37.9 Å². The Balaban J connectivity index is 2.20. The van der Waals surface area contributed by atoms with Crippen LogP contribution in [-0.2, 0) is 37.9 Å². The maximum absolute atomic E-state index is 6.03. The zero-order chi connectivity index (χ0) is 21.1. The van der Waals surface area contributed by atoms with Crippen LogP contribution in [0.15, 0.2) is 0 Å². The third-order valence-corrected chi connectivity index (χ3v) is 5.17. The molecule has 1 aliphatic heterocycles. The van der Waals surface area contributed by atoms with Gasteiger partial charge in [0.25, 0.3) is 0 Å². The van der Waals surface area contributed by atoms with Gasteiger partial charge in [0.15, 0.2) is 0 Å². The zero-order valence-electron chi connectivity index (χ0n) is 17.9. The highest BCUT2D eigenvalue weighted by molar-refractivity contribution is 5.19. The van der Waals surface area contributed by atoms with Gasteiger partial charge in [-0.25, -0.2) is 0 Å². The van der Waals surface area contributed by atoms with Crippen molar-refractivity contribution in [2.75, 3.05) is 62.2 Å². The second-order valence-electron chi connectivity index (χ2n) is 7.03. The van der Waals surface area contributed by atoms with Crippen LogP contribution in [0.25, 0.3) is 0 Å². The van der Waals surface area contributed by atoms with Gasteiger partial charge in [0.1, 0.15) is 51.6 Å². The Morgan fingerprint density at radius 3 is 1.45 bits per heavy atom. The molecule has 1 saturated heterocycles. The van der Waals surface area contributed by atoms with Crippen LogP contribution in [0.1, 0.15) is 19.3 Å². The molecule has 0 N–H and O–H groups in total. The van der Waals surface area contributed by atoms with Crippen molar-refractivity contribution in [1.29, 1.82) is 0 Å². The number of terminal acetylenes is 1. The molecule has 0 amide bonds. The summed E-state index contributed by atoms with van der Waals surface area (Å²) in [4.78, 5) is 2.36. The molecule has 9 nitrogen and oxygen atoms in total. The Labute approximate surface area is 173 Å². The summed E-state index contributed by atoms with van der Waals surface area (Å²) in [7, 11) is 6.35. The van der Waals surface area contributed by atoms with Crippen molar-refractivity contribution in [2.45, 2.75) is 55.8 Å². The summed E-state index contributed by atoms with van der Waals surface area (Å²) in [5, 5.41) is 0. The molecule has 7 atom stereocenters. The van der Waals surface area contributed by atoms with Gasteiger partial charge in [-0.2, -0.15) is 0 Å². The predicted molar refractivity (Wildman–Crippen MR) is 104 cm³/mol. The predicted octanol–water partition coefficient (Wildman–Crippen LogP) is 0.813. The number of likely N-dealkylation sites (tertiary alicyclic amines) is 1. The van der Waals surface area contributed by atoms with Crippen molar-refractivity contribution in [3.63, 3.8) is 0 Å². The molecular weight excluding hydrogens is 382 g/mol. The summed E-state index contributed by atoms with van der Waals surface area (Å²) in [6, 6.07) is 0.254. The Morgan fingerprint density at radius 2 is 1.07 bits per heavy atom. The molecule has 29 heavy (non-hydrogen) atoms. The Morgan fingerprint density at radius 1 is 0.655 bits per heavy atom. The van der Waals surface area contributed by atoms with Crippen molar-refractivity contribution >= 4 is 0 Å². The maximum Gasteiger partial charge on any atom is 0.146 e. The molecule has 2 aliphatic rings. The summed E-state index contributed by atoms with van der Waals surface area (Å²) in [6.45, 7) is 1.44. The number of nitrogens with zero attached hydrogens (tertiary/aromatic N) is 1. The zero-order valence-corrected chi connectivity index (χ0v) is 17.9. The van der Waals surface area contributed by atoms with E-state index >= 15 is 0 Å². The largest absolute Gasteiger partial charge is 0.359 e. The average molecular weight is 417 g/mol. The summed E-state index contributed by atoms with van der Waals surface area (Å²) in [6.07, 6.45) is 6.77. The lowest BCUT2D eigenvalue weighted by molar-refractivity contribution is -0.248. The highest BCUT2D eigenvalue weighted by Crippen LogP contribution is 2.45. The molecule has 0 aromatic carbocycles. The first-order valence-electron chi connectivity index (χ1n) is 9.86. The van der Waals surface area contributed by atoms with Crippen LogP contribution < -0.4 is 0 Å². The summed E-state index contributed by atoms with van der Waals surface area (Å²) >= 11 is 0. The number of unbranched alkanes of at least 4 members (excludes halogenated alkanes) is 2. The van der Waals surface area contributed by atoms with Gasteiger partial charge in [0.2, 0.25) is 0 Å². The number of rotatable bonds is 16. The van der Waals surface area contributed by atoms with Crippen LogP contribution in [-0.4, -0.2) is 104 Å². The molecule has 2 fully saturated rings.